The van der Waals surface area contributed by atoms with Gasteiger partial charge in [-0.1, -0.05) is 60.7 Å². The summed E-state index contributed by atoms with van der Waals surface area (Å²) in [5.74, 6) is -0.183. The molecule has 0 bridgehead atoms. The van der Waals surface area contributed by atoms with Gasteiger partial charge in [-0.15, -0.1) is 0 Å². The van der Waals surface area contributed by atoms with Crippen molar-refractivity contribution in [3.63, 3.8) is 0 Å². The van der Waals surface area contributed by atoms with Crippen LogP contribution >= 0.6 is 0 Å². The standard InChI is InChI=1S/C19H17NO3/c21-18-13-17(12-11-15-7-3-1-4-8-15)23-19(22)20(18)14-16-9-5-2-6-10-16/h1-10,13H,11-12,14H2. The lowest BCUT2D eigenvalue weighted by atomic mass is 10.1. The van der Waals surface area contributed by atoms with Crippen molar-refractivity contribution in [3.05, 3.63) is 105 Å². The molecule has 0 saturated carbocycles. The summed E-state index contributed by atoms with van der Waals surface area (Å²) < 4.78 is 6.40. The van der Waals surface area contributed by atoms with E-state index in [1.54, 1.807) is 0 Å². The molecule has 3 rings (SSSR count). The SMILES string of the molecule is O=c1cc(CCc2ccccc2)oc(=O)n1Cc1ccccc1. The summed E-state index contributed by atoms with van der Waals surface area (Å²) in [7, 11) is 0. The summed E-state index contributed by atoms with van der Waals surface area (Å²) in [6.45, 7) is 0.223. The van der Waals surface area contributed by atoms with Gasteiger partial charge in [0.2, 0.25) is 0 Å². The first kappa shape index (κ1) is 15.0. The van der Waals surface area contributed by atoms with E-state index in [9.17, 15) is 9.59 Å². The van der Waals surface area contributed by atoms with Gasteiger partial charge in [0.05, 0.1) is 6.54 Å². The zero-order valence-corrected chi connectivity index (χ0v) is 12.6. The van der Waals surface area contributed by atoms with Gasteiger partial charge in [-0.25, -0.2) is 9.36 Å². The molecule has 0 amide bonds. The highest BCUT2D eigenvalue weighted by Crippen LogP contribution is 2.05. The number of benzene rings is 2. The highest BCUT2D eigenvalue weighted by Gasteiger charge is 2.08. The second-order valence-electron chi connectivity index (χ2n) is 5.37. The molecule has 0 radical (unpaired) electrons. The Hall–Kier alpha value is -2.88. The summed E-state index contributed by atoms with van der Waals surface area (Å²) in [4.78, 5) is 24.3. The number of hydrogen-bond acceptors (Lipinski definition) is 3. The molecule has 23 heavy (non-hydrogen) atoms. The normalized spacial score (nSPS) is 10.6. The van der Waals surface area contributed by atoms with Crippen LogP contribution in [0.4, 0.5) is 0 Å². The van der Waals surface area contributed by atoms with Gasteiger partial charge in [0.25, 0.3) is 5.56 Å². The second-order valence-corrected chi connectivity index (χ2v) is 5.37. The maximum Gasteiger partial charge on any atom is 0.422 e. The predicted molar refractivity (Wildman–Crippen MR) is 88.6 cm³/mol. The average Bonchev–Trinajstić information content (AvgIpc) is 2.58. The first-order valence-electron chi connectivity index (χ1n) is 7.54. The Morgan fingerprint density at radius 2 is 1.39 bits per heavy atom. The van der Waals surface area contributed by atoms with Gasteiger partial charge >= 0.3 is 5.76 Å². The Balaban J connectivity index is 1.78. The fourth-order valence-corrected chi connectivity index (χ4v) is 2.45. The molecule has 0 unspecified atom stereocenters. The van der Waals surface area contributed by atoms with Gasteiger partial charge < -0.3 is 4.42 Å². The molecule has 0 saturated heterocycles. The van der Waals surface area contributed by atoms with E-state index in [0.717, 1.165) is 22.1 Å². The molecule has 4 heteroatoms. The zero-order valence-electron chi connectivity index (χ0n) is 12.6. The van der Waals surface area contributed by atoms with Gasteiger partial charge in [-0.3, -0.25) is 4.79 Å². The maximum atomic E-state index is 12.2. The van der Waals surface area contributed by atoms with E-state index in [4.69, 9.17) is 4.42 Å². The molecular formula is C19H17NO3. The number of aromatic nitrogens is 1. The Morgan fingerprint density at radius 1 is 0.783 bits per heavy atom. The van der Waals surface area contributed by atoms with Gasteiger partial charge in [0.15, 0.2) is 0 Å². The lowest BCUT2D eigenvalue weighted by Crippen LogP contribution is -2.33. The van der Waals surface area contributed by atoms with E-state index < -0.39 is 5.76 Å². The molecule has 0 N–H and O–H groups in total. The molecule has 0 aliphatic heterocycles. The Labute approximate surface area is 133 Å². The van der Waals surface area contributed by atoms with Crippen molar-refractivity contribution >= 4 is 0 Å². The number of hydrogen-bond donors (Lipinski definition) is 0. The third kappa shape index (κ3) is 3.86. The topological polar surface area (TPSA) is 52.2 Å². The first-order valence-corrected chi connectivity index (χ1v) is 7.54. The van der Waals surface area contributed by atoms with Gasteiger partial charge in [0, 0.05) is 12.5 Å². The van der Waals surface area contributed by atoms with Crippen LogP contribution in [0.25, 0.3) is 0 Å². The second kappa shape index (κ2) is 6.92. The van der Waals surface area contributed by atoms with Crippen LogP contribution in [-0.2, 0) is 19.4 Å². The van der Waals surface area contributed by atoms with Crippen molar-refractivity contribution in [2.24, 2.45) is 0 Å². The predicted octanol–water partition coefficient (Wildman–Crippen LogP) is 2.64. The van der Waals surface area contributed by atoms with Crippen molar-refractivity contribution in [1.82, 2.24) is 4.57 Å². The van der Waals surface area contributed by atoms with Gasteiger partial charge in [-0.05, 0) is 17.5 Å². The molecule has 0 aliphatic rings. The van der Waals surface area contributed by atoms with Crippen LogP contribution < -0.4 is 11.3 Å². The van der Waals surface area contributed by atoms with E-state index in [2.05, 4.69) is 0 Å². The van der Waals surface area contributed by atoms with Gasteiger partial charge in [0.1, 0.15) is 5.76 Å². The Morgan fingerprint density at radius 3 is 2.00 bits per heavy atom. The molecule has 0 atom stereocenters. The number of aryl methyl sites for hydroxylation is 2. The molecule has 1 heterocycles. The molecular weight excluding hydrogens is 290 g/mol. The van der Waals surface area contributed by atoms with Crippen molar-refractivity contribution in [2.75, 3.05) is 0 Å². The molecule has 0 aliphatic carbocycles. The van der Waals surface area contributed by atoms with Gasteiger partial charge in [-0.2, -0.15) is 0 Å². The molecule has 2 aromatic carbocycles. The summed E-state index contributed by atoms with van der Waals surface area (Å²) in [6, 6.07) is 20.7. The summed E-state index contributed by atoms with van der Waals surface area (Å²) in [6.07, 6.45) is 1.26. The number of rotatable bonds is 5. The third-order valence-corrected chi connectivity index (χ3v) is 3.68. The fourth-order valence-electron chi connectivity index (χ4n) is 2.45. The minimum atomic E-state index is -0.607. The summed E-state index contributed by atoms with van der Waals surface area (Å²) >= 11 is 0. The minimum absolute atomic E-state index is 0.223. The quantitative estimate of drug-likeness (QED) is 0.728. The fraction of sp³-hybridized carbons (Fsp3) is 0.158. The van der Waals surface area contributed by atoms with Crippen LogP contribution in [0.5, 0.6) is 0 Å². The highest BCUT2D eigenvalue weighted by atomic mass is 16.4. The van der Waals surface area contributed by atoms with Crippen molar-refractivity contribution in [3.8, 4) is 0 Å². The van der Waals surface area contributed by atoms with Crippen LogP contribution in [0.15, 0.2) is 80.7 Å². The van der Waals surface area contributed by atoms with Crippen LogP contribution in [0.1, 0.15) is 16.9 Å². The van der Waals surface area contributed by atoms with Crippen molar-refractivity contribution < 1.29 is 4.42 Å². The monoisotopic (exact) mass is 307 g/mol. The van der Waals surface area contributed by atoms with Crippen LogP contribution in [0.3, 0.4) is 0 Å². The third-order valence-electron chi connectivity index (χ3n) is 3.68. The lowest BCUT2D eigenvalue weighted by molar-refractivity contribution is 0.394. The maximum absolute atomic E-state index is 12.2. The van der Waals surface area contributed by atoms with Crippen molar-refractivity contribution in [1.29, 1.82) is 0 Å². The Kier molecular flexibility index (Phi) is 4.52. The zero-order chi connectivity index (χ0) is 16.1. The van der Waals surface area contributed by atoms with E-state index in [-0.39, 0.29) is 12.1 Å². The lowest BCUT2D eigenvalue weighted by Gasteiger charge is -2.05. The molecule has 0 spiro atoms. The average molecular weight is 307 g/mol. The van der Waals surface area contributed by atoms with E-state index in [1.165, 1.54) is 6.07 Å². The van der Waals surface area contributed by atoms with E-state index in [1.807, 2.05) is 60.7 Å². The van der Waals surface area contributed by atoms with Crippen LogP contribution in [-0.4, -0.2) is 4.57 Å². The first-order chi connectivity index (χ1) is 11.2. The molecule has 3 aromatic rings. The largest absolute Gasteiger partial charge is 0.422 e. The van der Waals surface area contributed by atoms with E-state index in [0.29, 0.717) is 12.2 Å². The molecule has 1 aromatic heterocycles. The van der Waals surface area contributed by atoms with Crippen LogP contribution in [0.2, 0.25) is 0 Å². The summed E-state index contributed by atoms with van der Waals surface area (Å²) in [5, 5.41) is 0. The summed E-state index contributed by atoms with van der Waals surface area (Å²) in [5.41, 5.74) is 1.70. The molecule has 4 nitrogen and oxygen atoms in total. The Bertz CT molecular complexity index is 848. The smallest absolute Gasteiger partial charge is 0.414 e. The highest BCUT2D eigenvalue weighted by molar-refractivity contribution is 5.17. The minimum Gasteiger partial charge on any atom is -0.414 e. The van der Waals surface area contributed by atoms with Crippen molar-refractivity contribution in [2.45, 2.75) is 19.4 Å². The van der Waals surface area contributed by atoms with E-state index >= 15 is 0 Å². The molecule has 0 fully saturated rings. The van der Waals surface area contributed by atoms with Crippen LogP contribution in [0, 0.1) is 0 Å². The molecule has 116 valence electrons. The number of nitrogens with zero attached hydrogens (tertiary/aromatic N) is 1.